The SMILES string of the molecule is CC(C)OC=O.c1c[nH]cn1. The molecule has 1 heterocycles. The van der Waals surface area contributed by atoms with Crippen LogP contribution in [-0.2, 0) is 9.53 Å². The average Bonchev–Trinajstić information content (AvgIpc) is 2.41. The van der Waals surface area contributed by atoms with Gasteiger partial charge in [-0.2, -0.15) is 0 Å². The molecule has 4 heteroatoms. The van der Waals surface area contributed by atoms with Gasteiger partial charge in [0.05, 0.1) is 12.4 Å². The molecule has 1 aromatic heterocycles. The molecular weight excluding hydrogens is 144 g/mol. The van der Waals surface area contributed by atoms with Crippen LogP contribution >= 0.6 is 0 Å². The summed E-state index contributed by atoms with van der Waals surface area (Å²) in [5.74, 6) is 0. The molecule has 62 valence electrons. The molecule has 0 fully saturated rings. The number of carbonyl (C=O) groups excluding carboxylic acids is 1. The number of aromatic nitrogens is 2. The number of rotatable bonds is 2. The zero-order chi connectivity index (χ0) is 8.53. The van der Waals surface area contributed by atoms with Crippen molar-refractivity contribution in [3.63, 3.8) is 0 Å². The number of nitrogens with one attached hydrogen (secondary N) is 1. The lowest BCUT2D eigenvalue weighted by atomic mass is 10.5. The van der Waals surface area contributed by atoms with Crippen LogP contribution < -0.4 is 0 Å². The Hall–Kier alpha value is -1.32. The number of aromatic amines is 1. The van der Waals surface area contributed by atoms with Gasteiger partial charge in [0, 0.05) is 12.4 Å². The first-order chi connectivity index (χ1) is 5.27. The Morgan fingerprint density at radius 2 is 2.36 bits per heavy atom. The molecule has 1 aromatic rings. The first-order valence-corrected chi connectivity index (χ1v) is 3.29. The number of H-pyrrole nitrogens is 1. The summed E-state index contributed by atoms with van der Waals surface area (Å²) < 4.78 is 4.36. The normalized spacial score (nSPS) is 8.27. The summed E-state index contributed by atoms with van der Waals surface area (Å²) in [6, 6.07) is 0. The van der Waals surface area contributed by atoms with E-state index in [4.69, 9.17) is 0 Å². The molecule has 0 atom stereocenters. The maximum Gasteiger partial charge on any atom is 0.293 e. The van der Waals surface area contributed by atoms with Crippen molar-refractivity contribution in [2.75, 3.05) is 0 Å². The second kappa shape index (κ2) is 6.80. The second-order valence-corrected chi connectivity index (χ2v) is 2.04. The summed E-state index contributed by atoms with van der Waals surface area (Å²) in [5, 5.41) is 0. The maximum absolute atomic E-state index is 9.39. The third-order valence-corrected chi connectivity index (χ3v) is 0.734. The topological polar surface area (TPSA) is 55.0 Å². The van der Waals surface area contributed by atoms with Gasteiger partial charge in [-0.1, -0.05) is 0 Å². The minimum absolute atomic E-state index is 0.0301. The van der Waals surface area contributed by atoms with Gasteiger partial charge in [0.2, 0.25) is 0 Å². The van der Waals surface area contributed by atoms with Crippen LogP contribution in [0.1, 0.15) is 13.8 Å². The van der Waals surface area contributed by atoms with E-state index in [1.54, 1.807) is 32.6 Å². The van der Waals surface area contributed by atoms with Crippen molar-refractivity contribution < 1.29 is 9.53 Å². The summed E-state index contributed by atoms with van der Waals surface area (Å²) in [6.07, 6.45) is 5.11. The molecule has 0 aliphatic heterocycles. The molecule has 0 spiro atoms. The van der Waals surface area contributed by atoms with Crippen LogP contribution in [0, 0.1) is 0 Å². The molecule has 11 heavy (non-hydrogen) atoms. The summed E-state index contributed by atoms with van der Waals surface area (Å²) in [6.45, 7) is 4.05. The van der Waals surface area contributed by atoms with E-state index in [-0.39, 0.29) is 6.10 Å². The van der Waals surface area contributed by atoms with Crippen LogP contribution in [-0.4, -0.2) is 22.5 Å². The zero-order valence-corrected chi connectivity index (χ0v) is 6.65. The Balaban J connectivity index is 0.000000183. The van der Waals surface area contributed by atoms with Crippen molar-refractivity contribution >= 4 is 6.47 Å². The molecule has 0 radical (unpaired) electrons. The number of hydrogen-bond donors (Lipinski definition) is 1. The molecule has 0 saturated carbocycles. The third kappa shape index (κ3) is 8.68. The average molecular weight is 156 g/mol. The van der Waals surface area contributed by atoms with Crippen LogP contribution in [0.15, 0.2) is 18.7 Å². The maximum atomic E-state index is 9.39. The number of nitrogens with zero attached hydrogens (tertiary/aromatic N) is 1. The largest absolute Gasteiger partial charge is 0.465 e. The van der Waals surface area contributed by atoms with Crippen LogP contribution in [0.5, 0.6) is 0 Å². The van der Waals surface area contributed by atoms with Gasteiger partial charge in [0.25, 0.3) is 6.47 Å². The van der Waals surface area contributed by atoms with Gasteiger partial charge in [-0.3, -0.25) is 4.79 Å². The highest BCUT2D eigenvalue weighted by Gasteiger charge is 1.83. The molecule has 0 aliphatic carbocycles. The fourth-order valence-electron chi connectivity index (χ4n) is 0.326. The van der Waals surface area contributed by atoms with Crippen LogP contribution in [0.2, 0.25) is 0 Å². The Morgan fingerprint density at radius 1 is 1.64 bits per heavy atom. The third-order valence-electron chi connectivity index (χ3n) is 0.734. The minimum atomic E-state index is 0.0301. The summed E-state index contributed by atoms with van der Waals surface area (Å²) in [5.41, 5.74) is 0. The summed E-state index contributed by atoms with van der Waals surface area (Å²) in [4.78, 5) is 15.8. The number of carbonyl (C=O) groups is 1. The van der Waals surface area contributed by atoms with Crippen molar-refractivity contribution in [3.8, 4) is 0 Å². The minimum Gasteiger partial charge on any atom is -0.465 e. The zero-order valence-electron chi connectivity index (χ0n) is 6.65. The van der Waals surface area contributed by atoms with E-state index in [2.05, 4.69) is 14.7 Å². The highest BCUT2D eigenvalue weighted by molar-refractivity contribution is 5.37. The fourth-order valence-corrected chi connectivity index (χ4v) is 0.326. The Morgan fingerprint density at radius 3 is 2.45 bits per heavy atom. The highest BCUT2D eigenvalue weighted by atomic mass is 16.5. The smallest absolute Gasteiger partial charge is 0.293 e. The molecule has 4 nitrogen and oxygen atoms in total. The number of ether oxygens (including phenoxy) is 1. The molecule has 0 aliphatic rings. The molecule has 0 aromatic carbocycles. The molecular formula is C7H12N2O2. The standard InChI is InChI=1S/C4H8O2.C3H4N2/c1-4(2)6-3-5;1-2-5-3-4-1/h3-4H,1-2H3;1-3H,(H,4,5). The number of imidazole rings is 1. The van der Waals surface area contributed by atoms with Gasteiger partial charge in [-0.25, -0.2) is 4.98 Å². The van der Waals surface area contributed by atoms with Crippen LogP contribution in [0.3, 0.4) is 0 Å². The molecule has 1 N–H and O–H groups in total. The molecule has 1 rings (SSSR count). The van der Waals surface area contributed by atoms with Crippen molar-refractivity contribution in [1.29, 1.82) is 0 Å². The lowest BCUT2D eigenvalue weighted by Crippen LogP contribution is -1.98. The van der Waals surface area contributed by atoms with Gasteiger partial charge >= 0.3 is 0 Å². The quantitative estimate of drug-likeness (QED) is 0.649. The Labute approximate surface area is 65.6 Å². The van der Waals surface area contributed by atoms with Crippen molar-refractivity contribution in [2.45, 2.75) is 20.0 Å². The predicted molar refractivity (Wildman–Crippen MR) is 40.9 cm³/mol. The van der Waals surface area contributed by atoms with Crippen molar-refractivity contribution in [1.82, 2.24) is 9.97 Å². The first kappa shape index (κ1) is 9.68. The summed E-state index contributed by atoms with van der Waals surface area (Å²) in [7, 11) is 0. The van der Waals surface area contributed by atoms with E-state index < -0.39 is 0 Å². The van der Waals surface area contributed by atoms with Gasteiger partial charge in [0.1, 0.15) is 0 Å². The lowest BCUT2D eigenvalue weighted by Gasteiger charge is -1.96. The van der Waals surface area contributed by atoms with Gasteiger partial charge < -0.3 is 9.72 Å². The van der Waals surface area contributed by atoms with E-state index in [0.29, 0.717) is 6.47 Å². The lowest BCUT2D eigenvalue weighted by molar-refractivity contribution is -0.131. The molecule has 0 unspecified atom stereocenters. The van der Waals surface area contributed by atoms with Gasteiger partial charge in [-0.15, -0.1) is 0 Å². The van der Waals surface area contributed by atoms with Gasteiger partial charge in [0.15, 0.2) is 0 Å². The first-order valence-electron chi connectivity index (χ1n) is 3.29. The van der Waals surface area contributed by atoms with E-state index in [1.165, 1.54) is 0 Å². The Bertz CT molecular complexity index is 144. The van der Waals surface area contributed by atoms with Crippen molar-refractivity contribution in [2.24, 2.45) is 0 Å². The molecule has 0 amide bonds. The van der Waals surface area contributed by atoms with Crippen molar-refractivity contribution in [3.05, 3.63) is 18.7 Å². The molecule has 0 bridgehead atoms. The van der Waals surface area contributed by atoms with E-state index in [9.17, 15) is 4.79 Å². The van der Waals surface area contributed by atoms with E-state index in [1.807, 2.05) is 0 Å². The highest BCUT2D eigenvalue weighted by Crippen LogP contribution is 1.79. The van der Waals surface area contributed by atoms with Crippen LogP contribution in [0.25, 0.3) is 0 Å². The predicted octanol–water partition coefficient (Wildman–Crippen LogP) is 0.977. The Kier molecular flexibility index (Phi) is 5.98. The fraction of sp³-hybridized carbons (Fsp3) is 0.429. The van der Waals surface area contributed by atoms with E-state index >= 15 is 0 Å². The van der Waals surface area contributed by atoms with Gasteiger partial charge in [-0.05, 0) is 13.8 Å². The van der Waals surface area contributed by atoms with E-state index in [0.717, 1.165) is 0 Å². The number of hydrogen-bond acceptors (Lipinski definition) is 3. The molecule has 0 saturated heterocycles. The second-order valence-electron chi connectivity index (χ2n) is 2.04. The monoisotopic (exact) mass is 156 g/mol. The summed E-state index contributed by atoms with van der Waals surface area (Å²) >= 11 is 0. The van der Waals surface area contributed by atoms with Crippen LogP contribution in [0.4, 0.5) is 0 Å².